The fourth-order valence-corrected chi connectivity index (χ4v) is 3.78. The second-order valence-corrected chi connectivity index (χ2v) is 7.32. The van der Waals surface area contributed by atoms with Crippen LogP contribution in [0.3, 0.4) is 0 Å². The van der Waals surface area contributed by atoms with E-state index in [1.54, 1.807) is 12.4 Å². The summed E-state index contributed by atoms with van der Waals surface area (Å²) in [6, 6.07) is 4.31. The third-order valence-corrected chi connectivity index (χ3v) is 5.32. The third kappa shape index (κ3) is 4.01. The molecule has 1 saturated carbocycles. The standard InChI is InChI=1S/C17H21N5O2S/c23-15(19-10-14-4-2-8-24-14)11-25-17-21-20-16(22(17)13-5-6-13)12-3-1-7-18-9-12/h1,3,7,9,13-14H,2,4-6,8,10-11H2,(H,19,23). The fraction of sp³-hybridized carbons (Fsp3) is 0.529. The average molecular weight is 359 g/mol. The molecule has 25 heavy (non-hydrogen) atoms. The lowest BCUT2D eigenvalue weighted by molar-refractivity contribution is -0.119. The normalized spacial score (nSPS) is 19.9. The predicted octanol–water partition coefficient (Wildman–Crippen LogP) is 2.06. The Morgan fingerprint density at radius 2 is 2.28 bits per heavy atom. The van der Waals surface area contributed by atoms with Gasteiger partial charge in [0.1, 0.15) is 0 Å². The predicted molar refractivity (Wildman–Crippen MR) is 94.2 cm³/mol. The highest BCUT2D eigenvalue weighted by molar-refractivity contribution is 7.99. The van der Waals surface area contributed by atoms with Crippen molar-refractivity contribution < 1.29 is 9.53 Å². The van der Waals surface area contributed by atoms with Gasteiger partial charge in [-0.05, 0) is 37.8 Å². The molecule has 4 rings (SSSR count). The lowest BCUT2D eigenvalue weighted by atomic mass is 10.2. The molecule has 2 aromatic heterocycles. The van der Waals surface area contributed by atoms with Gasteiger partial charge in [0.2, 0.25) is 5.91 Å². The van der Waals surface area contributed by atoms with Crippen LogP contribution in [0.4, 0.5) is 0 Å². The Balaban J connectivity index is 1.39. The molecular formula is C17H21N5O2S. The van der Waals surface area contributed by atoms with Crippen LogP contribution in [0.2, 0.25) is 0 Å². The second kappa shape index (κ2) is 7.53. The summed E-state index contributed by atoms with van der Waals surface area (Å²) in [4.78, 5) is 16.3. The van der Waals surface area contributed by atoms with Crippen molar-refractivity contribution in [3.05, 3.63) is 24.5 Å². The van der Waals surface area contributed by atoms with Gasteiger partial charge in [0, 0.05) is 37.2 Å². The van der Waals surface area contributed by atoms with Crippen molar-refractivity contribution in [1.82, 2.24) is 25.1 Å². The van der Waals surface area contributed by atoms with E-state index in [0.29, 0.717) is 18.3 Å². The Morgan fingerprint density at radius 1 is 1.36 bits per heavy atom. The number of carbonyl (C=O) groups excluding carboxylic acids is 1. The summed E-state index contributed by atoms with van der Waals surface area (Å²) in [5, 5.41) is 12.4. The van der Waals surface area contributed by atoms with E-state index in [1.807, 2.05) is 12.1 Å². The number of hydrogen-bond donors (Lipinski definition) is 1. The molecule has 2 fully saturated rings. The van der Waals surface area contributed by atoms with Crippen LogP contribution in [0, 0.1) is 0 Å². The number of hydrogen-bond acceptors (Lipinski definition) is 6. The lowest BCUT2D eigenvalue weighted by Crippen LogP contribution is -2.32. The molecule has 1 saturated heterocycles. The van der Waals surface area contributed by atoms with Crippen molar-refractivity contribution in [3.63, 3.8) is 0 Å². The van der Waals surface area contributed by atoms with E-state index in [4.69, 9.17) is 4.74 Å². The van der Waals surface area contributed by atoms with Crippen molar-refractivity contribution in [3.8, 4) is 11.4 Å². The summed E-state index contributed by atoms with van der Waals surface area (Å²) in [7, 11) is 0. The van der Waals surface area contributed by atoms with Crippen molar-refractivity contribution in [2.75, 3.05) is 18.9 Å². The van der Waals surface area contributed by atoms with Crippen molar-refractivity contribution in [1.29, 1.82) is 0 Å². The summed E-state index contributed by atoms with van der Waals surface area (Å²) in [5.74, 6) is 1.18. The number of carbonyl (C=O) groups is 1. The summed E-state index contributed by atoms with van der Waals surface area (Å²) >= 11 is 1.44. The molecule has 1 unspecified atom stereocenters. The van der Waals surface area contributed by atoms with Crippen LogP contribution in [-0.2, 0) is 9.53 Å². The maximum atomic E-state index is 12.1. The van der Waals surface area contributed by atoms with Gasteiger partial charge in [0.25, 0.3) is 0 Å². The van der Waals surface area contributed by atoms with Crippen LogP contribution in [0.5, 0.6) is 0 Å². The second-order valence-electron chi connectivity index (χ2n) is 6.38. The quantitative estimate of drug-likeness (QED) is 0.762. The van der Waals surface area contributed by atoms with E-state index in [0.717, 1.165) is 48.8 Å². The van der Waals surface area contributed by atoms with E-state index < -0.39 is 0 Å². The molecule has 8 heteroatoms. The number of pyridine rings is 1. The molecule has 3 heterocycles. The van der Waals surface area contributed by atoms with Crippen LogP contribution >= 0.6 is 11.8 Å². The SMILES string of the molecule is O=C(CSc1nnc(-c2cccnc2)n1C1CC1)NCC1CCCO1. The van der Waals surface area contributed by atoms with Crippen LogP contribution in [-0.4, -0.2) is 50.7 Å². The van der Waals surface area contributed by atoms with Crippen LogP contribution in [0.1, 0.15) is 31.7 Å². The molecule has 0 radical (unpaired) electrons. The molecule has 0 bridgehead atoms. The van der Waals surface area contributed by atoms with Gasteiger partial charge in [-0.2, -0.15) is 0 Å². The molecule has 1 atom stereocenters. The first kappa shape index (κ1) is 16.5. The topological polar surface area (TPSA) is 81.9 Å². The number of rotatable bonds is 7. The highest BCUT2D eigenvalue weighted by atomic mass is 32.2. The van der Waals surface area contributed by atoms with E-state index in [-0.39, 0.29) is 12.0 Å². The average Bonchev–Trinajstić information content (AvgIpc) is 3.18. The number of ether oxygens (including phenoxy) is 1. The lowest BCUT2D eigenvalue weighted by Gasteiger charge is -2.11. The van der Waals surface area contributed by atoms with Crippen LogP contribution in [0.15, 0.2) is 29.7 Å². The molecule has 0 spiro atoms. The minimum absolute atomic E-state index is 0.00812. The van der Waals surface area contributed by atoms with Gasteiger partial charge in [0.05, 0.1) is 11.9 Å². The van der Waals surface area contributed by atoms with Gasteiger partial charge in [0.15, 0.2) is 11.0 Å². The Hall–Kier alpha value is -1.93. The minimum Gasteiger partial charge on any atom is -0.376 e. The van der Waals surface area contributed by atoms with Gasteiger partial charge < -0.3 is 10.1 Å². The molecular weight excluding hydrogens is 338 g/mol. The number of amides is 1. The van der Waals surface area contributed by atoms with E-state index in [9.17, 15) is 4.79 Å². The number of nitrogens with zero attached hydrogens (tertiary/aromatic N) is 4. The fourth-order valence-electron chi connectivity index (χ4n) is 2.94. The Labute approximate surface area is 150 Å². The molecule has 132 valence electrons. The van der Waals surface area contributed by atoms with Crippen LogP contribution in [0.25, 0.3) is 11.4 Å². The number of thioether (sulfide) groups is 1. The molecule has 0 aromatic carbocycles. The van der Waals surface area contributed by atoms with E-state index in [2.05, 4.69) is 25.1 Å². The highest BCUT2D eigenvalue weighted by Crippen LogP contribution is 2.40. The molecule has 1 aliphatic carbocycles. The Bertz CT molecular complexity index is 726. The third-order valence-electron chi connectivity index (χ3n) is 4.38. The molecule has 1 amide bonds. The van der Waals surface area contributed by atoms with E-state index >= 15 is 0 Å². The molecule has 1 aliphatic heterocycles. The van der Waals surface area contributed by atoms with E-state index in [1.165, 1.54) is 11.8 Å². The van der Waals surface area contributed by atoms with Crippen molar-refractivity contribution >= 4 is 17.7 Å². The van der Waals surface area contributed by atoms with Gasteiger partial charge in [-0.3, -0.25) is 14.3 Å². The zero-order valence-electron chi connectivity index (χ0n) is 13.9. The first-order valence-electron chi connectivity index (χ1n) is 8.67. The molecule has 1 N–H and O–H groups in total. The van der Waals surface area contributed by atoms with Gasteiger partial charge in [-0.25, -0.2) is 0 Å². The largest absolute Gasteiger partial charge is 0.376 e. The smallest absolute Gasteiger partial charge is 0.230 e. The highest BCUT2D eigenvalue weighted by Gasteiger charge is 2.30. The Kier molecular flexibility index (Phi) is 4.98. The van der Waals surface area contributed by atoms with Crippen LogP contribution < -0.4 is 5.32 Å². The minimum atomic E-state index is 0.00812. The molecule has 7 nitrogen and oxygen atoms in total. The maximum absolute atomic E-state index is 12.1. The number of aromatic nitrogens is 4. The van der Waals surface area contributed by atoms with Gasteiger partial charge in [-0.15, -0.1) is 10.2 Å². The Morgan fingerprint density at radius 3 is 3.00 bits per heavy atom. The molecule has 2 aliphatic rings. The van der Waals surface area contributed by atoms with Crippen molar-refractivity contribution in [2.45, 2.75) is 43.0 Å². The monoisotopic (exact) mass is 359 g/mol. The summed E-state index contributed by atoms with van der Waals surface area (Å²) < 4.78 is 7.67. The maximum Gasteiger partial charge on any atom is 0.230 e. The summed E-state index contributed by atoms with van der Waals surface area (Å²) in [6.07, 6.45) is 8.07. The zero-order valence-corrected chi connectivity index (χ0v) is 14.7. The summed E-state index contributed by atoms with van der Waals surface area (Å²) in [6.45, 7) is 1.40. The first-order chi connectivity index (χ1) is 12.3. The number of nitrogens with one attached hydrogen (secondary N) is 1. The first-order valence-corrected chi connectivity index (χ1v) is 9.66. The zero-order chi connectivity index (χ0) is 17.1. The summed E-state index contributed by atoms with van der Waals surface area (Å²) in [5.41, 5.74) is 0.955. The van der Waals surface area contributed by atoms with Crippen molar-refractivity contribution in [2.24, 2.45) is 0 Å². The van der Waals surface area contributed by atoms with Gasteiger partial charge >= 0.3 is 0 Å². The van der Waals surface area contributed by atoms with Gasteiger partial charge in [-0.1, -0.05) is 11.8 Å². The molecule has 2 aromatic rings.